The number of hydrogen-bond acceptors (Lipinski definition) is 13. The van der Waals surface area contributed by atoms with Crippen LogP contribution in [-0.2, 0) is 35.9 Å². The molecule has 4 aliphatic rings. The van der Waals surface area contributed by atoms with Crippen LogP contribution in [0.15, 0.2) is 158 Å². The Hall–Kier alpha value is -8.20. The molecule has 2 saturated heterocycles. The average molecular weight is 1030 g/mol. The molecule has 1 spiro atoms. The largest absolute Gasteiger partial charge is 0.491 e. The number of anilines is 1. The van der Waals surface area contributed by atoms with E-state index in [2.05, 4.69) is 17.2 Å². The zero-order valence-electron chi connectivity index (χ0n) is 41.4. The molecule has 7 unspecified atom stereocenters. The highest BCUT2D eigenvalue weighted by Crippen LogP contribution is 2.66. The van der Waals surface area contributed by atoms with E-state index in [4.69, 9.17) is 14.2 Å². The minimum absolute atomic E-state index is 0.0161. The molecule has 3 fully saturated rings. The van der Waals surface area contributed by atoms with Crippen LogP contribution < -0.4 is 15.0 Å². The molecule has 0 aromatic heterocycles. The van der Waals surface area contributed by atoms with Crippen LogP contribution >= 0.6 is 0 Å². The highest BCUT2D eigenvalue weighted by Gasteiger charge is 2.76. The average Bonchev–Trinajstić information content (AvgIpc) is 3.98. The highest BCUT2D eigenvalue weighted by molar-refractivity contribution is 6.23. The van der Waals surface area contributed by atoms with E-state index in [-0.39, 0.29) is 42.4 Å². The fraction of sp³-hybridized carbons (Fsp3) is 0.300. The van der Waals surface area contributed by atoms with Gasteiger partial charge in [0.05, 0.1) is 41.3 Å². The number of amides is 3. The van der Waals surface area contributed by atoms with E-state index >= 15 is 19.2 Å². The van der Waals surface area contributed by atoms with Gasteiger partial charge in [-0.25, -0.2) is 9.69 Å². The van der Waals surface area contributed by atoms with Gasteiger partial charge in [0.1, 0.15) is 42.1 Å². The number of nitrogens with zero attached hydrogens (tertiary/aromatic N) is 3. The van der Waals surface area contributed by atoms with E-state index in [0.717, 1.165) is 30.6 Å². The Bertz CT molecular complexity index is 3180. The van der Waals surface area contributed by atoms with Crippen LogP contribution in [-0.4, -0.2) is 80.4 Å². The lowest BCUT2D eigenvalue weighted by Crippen LogP contribution is -2.56. The highest BCUT2D eigenvalue weighted by atomic mass is 16.6. The molecule has 3 amide bonds. The number of carbonyl (C=O) groups excluding carboxylic acids is 4. The van der Waals surface area contributed by atoms with Crippen LogP contribution in [0.3, 0.4) is 0 Å². The monoisotopic (exact) mass is 1020 g/mol. The number of hydrogen-bond donors (Lipinski definition) is 4. The van der Waals surface area contributed by atoms with E-state index in [1.807, 2.05) is 65.6 Å². The number of ether oxygens (including phenoxy) is 3. The van der Waals surface area contributed by atoms with Crippen molar-refractivity contribution in [3.8, 4) is 17.6 Å². The smallest absolute Gasteiger partial charge is 0.421 e. The fourth-order valence-corrected chi connectivity index (χ4v) is 11.6. The van der Waals surface area contributed by atoms with Gasteiger partial charge in [-0.05, 0) is 89.9 Å². The molecule has 0 bridgehead atoms. The number of benzene rings is 6. The van der Waals surface area contributed by atoms with E-state index < -0.39 is 82.7 Å². The van der Waals surface area contributed by atoms with Crippen molar-refractivity contribution in [1.29, 1.82) is 0 Å². The second-order valence-electron chi connectivity index (χ2n) is 19.6. The number of cyclic esters (lactones) is 1. The third-order valence-electron chi connectivity index (χ3n) is 15.0. The summed E-state index contributed by atoms with van der Waals surface area (Å²) in [6.07, 6.45) is 0.957. The Kier molecular flexibility index (Phi) is 14.8. The molecule has 76 heavy (non-hydrogen) atoms. The number of fused-ring (bicyclic) bond motifs is 3. The van der Waals surface area contributed by atoms with Gasteiger partial charge in [0.15, 0.2) is 0 Å². The summed E-state index contributed by atoms with van der Waals surface area (Å²) >= 11 is 0. The molecule has 16 heteroatoms. The van der Waals surface area contributed by atoms with Gasteiger partial charge in [-0.2, -0.15) is 0 Å². The summed E-state index contributed by atoms with van der Waals surface area (Å²) in [6.45, 7) is -1.32. The van der Waals surface area contributed by atoms with Crippen molar-refractivity contribution in [2.75, 3.05) is 24.7 Å². The van der Waals surface area contributed by atoms with Gasteiger partial charge >= 0.3 is 12.1 Å². The molecule has 3 heterocycles. The van der Waals surface area contributed by atoms with Crippen molar-refractivity contribution in [2.45, 2.75) is 86.5 Å². The Labute approximate surface area is 439 Å². The number of esters is 1. The van der Waals surface area contributed by atoms with Gasteiger partial charge in [-0.15, -0.1) is 0 Å². The first kappa shape index (κ1) is 51.3. The van der Waals surface area contributed by atoms with E-state index in [1.165, 1.54) is 30.3 Å². The predicted octanol–water partition coefficient (Wildman–Crippen LogP) is 8.25. The zero-order chi connectivity index (χ0) is 53.0. The maximum Gasteiger partial charge on any atom is 0.421 e. The summed E-state index contributed by atoms with van der Waals surface area (Å²) < 4.78 is 18.8. The zero-order valence-corrected chi connectivity index (χ0v) is 41.4. The van der Waals surface area contributed by atoms with E-state index in [9.17, 15) is 25.4 Å². The first-order valence-electron chi connectivity index (χ1n) is 25.5. The van der Waals surface area contributed by atoms with Crippen molar-refractivity contribution in [2.24, 2.45) is 5.92 Å². The van der Waals surface area contributed by atoms with Crippen molar-refractivity contribution >= 4 is 35.3 Å². The molecule has 1 aliphatic carbocycles. The van der Waals surface area contributed by atoms with Crippen molar-refractivity contribution < 1.29 is 53.6 Å². The van der Waals surface area contributed by atoms with Crippen LogP contribution in [0, 0.1) is 27.9 Å². The van der Waals surface area contributed by atoms with Crippen LogP contribution in [0.1, 0.15) is 102 Å². The molecule has 10 rings (SSSR count). The number of carbonyl (C=O) groups is 4. The third kappa shape index (κ3) is 9.70. The molecular weight excluding hydrogens is 969 g/mol. The summed E-state index contributed by atoms with van der Waals surface area (Å²) in [5, 5.41) is 47.9. The van der Waals surface area contributed by atoms with Crippen LogP contribution in [0.4, 0.5) is 16.2 Å². The van der Waals surface area contributed by atoms with Gasteiger partial charge in [-0.1, -0.05) is 134 Å². The number of para-hydroxylation sites is 1. The third-order valence-corrected chi connectivity index (χ3v) is 15.0. The lowest BCUT2D eigenvalue weighted by molar-refractivity contribution is -0.384. The predicted molar refractivity (Wildman–Crippen MR) is 278 cm³/mol. The molecule has 0 radical (unpaired) electrons. The number of non-ortho nitro benzene ring substituents is 1. The van der Waals surface area contributed by atoms with Gasteiger partial charge in [0, 0.05) is 29.8 Å². The number of aliphatic hydroxyl groups is 3. The molecule has 16 nitrogen and oxygen atoms in total. The quantitative estimate of drug-likeness (QED) is 0.0282. The second-order valence-corrected chi connectivity index (χ2v) is 19.6. The van der Waals surface area contributed by atoms with Crippen molar-refractivity contribution in [1.82, 2.24) is 10.2 Å². The van der Waals surface area contributed by atoms with Crippen molar-refractivity contribution in [3.63, 3.8) is 0 Å². The second kappa shape index (κ2) is 21.9. The fourth-order valence-electron chi connectivity index (χ4n) is 11.6. The van der Waals surface area contributed by atoms with Crippen LogP contribution in [0.5, 0.6) is 5.75 Å². The Morgan fingerprint density at radius 2 is 1.46 bits per heavy atom. The number of nitro benzene ring substituents is 1. The van der Waals surface area contributed by atoms with Crippen molar-refractivity contribution in [3.05, 3.63) is 207 Å². The molecule has 388 valence electrons. The molecular formula is C60H56N4O12. The SMILES string of the molecule is O=C1OC(c2ccccc2)C(c2ccccc2)N2C1C(C(=O)NCC(O)c1ccccc1)C1(C(=O)N(C(=O)OCc3ccc([N+](=O)[O-])cc3)c3ccc(C#CC4(O)CCCCCC4)cc31)C2c1ccccc1OCCO. The Morgan fingerprint density at radius 1 is 0.816 bits per heavy atom. The normalized spacial score (nSPS) is 23.0. The summed E-state index contributed by atoms with van der Waals surface area (Å²) in [5.74, 6) is 2.16. The summed E-state index contributed by atoms with van der Waals surface area (Å²) in [5.41, 5.74) is -0.820. The molecule has 4 N–H and O–H groups in total. The number of nitro groups is 1. The number of aliphatic hydroxyl groups excluding tert-OH is 2. The lowest BCUT2D eigenvalue weighted by Gasteiger charge is -2.46. The van der Waals surface area contributed by atoms with Gasteiger partial charge < -0.3 is 34.8 Å². The number of nitrogens with one attached hydrogen (secondary N) is 1. The van der Waals surface area contributed by atoms with Gasteiger partial charge in [0.2, 0.25) is 11.8 Å². The summed E-state index contributed by atoms with van der Waals surface area (Å²) in [6, 6.07) is 40.2. The number of rotatable bonds is 13. The van der Waals surface area contributed by atoms with Crippen LogP contribution in [0.2, 0.25) is 0 Å². The van der Waals surface area contributed by atoms with E-state index in [0.29, 0.717) is 46.2 Å². The summed E-state index contributed by atoms with van der Waals surface area (Å²) in [4.78, 5) is 77.0. The topological polar surface area (TPSA) is 218 Å². The first-order chi connectivity index (χ1) is 36.9. The van der Waals surface area contributed by atoms with E-state index in [1.54, 1.807) is 66.7 Å². The minimum Gasteiger partial charge on any atom is -0.491 e. The standard InChI is InChI=1S/C60H56N4O12/c65-34-35-74-49-23-13-12-22-45(49)54-60(46-36-39(30-33-59(71)31-14-1-2-15-32-59)26-29-47(46)62(57(60)69)58(70)75-38-40-24-27-44(28-25-40)64(72)73)50(55(67)61-37-48(66)41-16-6-3-7-17-41)52-56(68)76-53(43-20-10-5-11-21-43)51(63(52)54)42-18-8-4-9-19-42/h3-13,16-29,36,48,50-54,65-66,71H,1-2,14-15,31-32,34-35,37-38H2,(H,61,67). The molecule has 7 atom stereocenters. The first-order valence-corrected chi connectivity index (χ1v) is 25.5. The summed E-state index contributed by atoms with van der Waals surface area (Å²) in [7, 11) is 0. The maximum atomic E-state index is 16.8. The minimum atomic E-state index is -2.28. The molecule has 6 aromatic carbocycles. The Balaban J connectivity index is 1.23. The molecule has 6 aromatic rings. The van der Waals surface area contributed by atoms with Crippen LogP contribution in [0.25, 0.3) is 0 Å². The Morgan fingerprint density at radius 3 is 2.13 bits per heavy atom. The number of morpholine rings is 1. The number of imide groups is 1. The van der Waals surface area contributed by atoms with Gasteiger partial charge in [0.25, 0.3) is 5.69 Å². The lowest BCUT2D eigenvalue weighted by atomic mass is 9.65. The maximum absolute atomic E-state index is 16.8. The van der Waals surface area contributed by atoms with Gasteiger partial charge in [-0.3, -0.25) is 29.4 Å². The molecule has 3 aliphatic heterocycles. The molecule has 1 saturated carbocycles.